The van der Waals surface area contributed by atoms with E-state index in [2.05, 4.69) is 12.1 Å². The highest BCUT2D eigenvalue weighted by molar-refractivity contribution is 5.82. The number of hydrogen-bond donors (Lipinski definition) is 1. The summed E-state index contributed by atoms with van der Waals surface area (Å²) in [6, 6.07) is 8.29. The molecule has 4 nitrogen and oxygen atoms in total. The number of carboxylic acids is 1. The Morgan fingerprint density at radius 1 is 1.33 bits per heavy atom. The Labute approximate surface area is 125 Å². The molecule has 2 rings (SSSR count). The van der Waals surface area contributed by atoms with Crippen molar-refractivity contribution in [3.8, 4) is 0 Å². The molecular formula is C17H23NO3. The molecule has 0 aromatic heterocycles. The van der Waals surface area contributed by atoms with Gasteiger partial charge in [0.2, 0.25) is 5.91 Å². The molecule has 21 heavy (non-hydrogen) atoms. The lowest BCUT2D eigenvalue weighted by Crippen LogP contribution is -2.37. The Balaban J connectivity index is 2.06. The van der Waals surface area contributed by atoms with E-state index in [4.69, 9.17) is 5.11 Å². The molecule has 0 aliphatic heterocycles. The van der Waals surface area contributed by atoms with E-state index in [9.17, 15) is 9.59 Å². The highest BCUT2D eigenvalue weighted by Crippen LogP contribution is 2.34. The number of carboxylic acid groups (broad SMARTS) is 1. The lowest BCUT2D eigenvalue weighted by atomic mass is 9.81. The van der Waals surface area contributed by atoms with Crippen molar-refractivity contribution in [2.75, 3.05) is 13.1 Å². The number of carbonyl (C=O) groups excluding carboxylic acids is 1. The fraction of sp³-hybridized carbons (Fsp3) is 0.529. The molecule has 0 spiro atoms. The number of amides is 1. The summed E-state index contributed by atoms with van der Waals surface area (Å²) in [4.78, 5) is 24.8. The summed E-state index contributed by atoms with van der Waals surface area (Å²) in [5, 5.41) is 8.93. The number of hydrogen-bond acceptors (Lipinski definition) is 2. The topological polar surface area (TPSA) is 57.6 Å². The van der Waals surface area contributed by atoms with Gasteiger partial charge in [-0.15, -0.1) is 0 Å². The van der Waals surface area contributed by atoms with Gasteiger partial charge in [0.05, 0.1) is 0 Å². The molecule has 0 fully saturated rings. The van der Waals surface area contributed by atoms with E-state index in [0.29, 0.717) is 13.0 Å². The fourth-order valence-electron chi connectivity index (χ4n) is 3.13. The van der Waals surface area contributed by atoms with E-state index < -0.39 is 5.97 Å². The summed E-state index contributed by atoms with van der Waals surface area (Å²) >= 11 is 0. The van der Waals surface area contributed by atoms with Crippen molar-refractivity contribution in [3.05, 3.63) is 35.4 Å². The molecule has 0 radical (unpaired) electrons. The van der Waals surface area contributed by atoms with Crippen molar-refractivity contribution in [1.82, 2.24) is 4.90 Å². The van der Waals surface area contributed by atoms with Crippen molar-refractivity contribution in [1.29, 1.82) is 0 Å². The van der Waals surface area contributed by atoms with Crippen LogP contribution in [-0.4, -0.2) is 35.0 Å². The van der Waals surface area contributed by atoms with Crippen molar-refractivity contribution < 1.29 is 14.7 Å². The first-order valence-corrected chi connectivity index (χ1v) is 7.69. The molecule has 0 saturated carbocycles. The van der Waals surface area contributed by atoms with E-state index in [1.807, 2.05) is 19.1 Å². The highest BCUT2D eigenvalue weighted by atomic mass is 16.4. The van der Waals surface area contributed by atoms with Gasteiger partial charge in [-0.05, 0) is 42.7 Å². The zero-order valence-corrected chi connectivity index (χ0v) is 12.5. The van der Waals surface area contributed by atoms with Crippen LogP contribution in [0.3, 0.4) is 0 Å². The minimum Gasteiger partial charge on any atom is -0.480 e. The van der Waals surface area contributed by atoms with Crippen LogP contribution in [0.15, 0.2) is 24.3 Å². The fourth-order valence-corrected chi connectivity index (χ4v) is 3.13. The van der Waals surface area contributed by atoms with E-state index in [1.54, 1.807) is 0 Å². The number of rotatable bonds is 6. The SMILES string of the molecule is CCCN(CC(=O)O)C(=O)CC1CCCc2ccccc21. The average Bonchev–Trinajstić information content (AvgIpc) is 2.47. The Kier molecular flexibility index (Phi) is 5.37. The molecule has 1 aromatic carbocycles. The molecule has 0 saturated heterocycles. The van der Waals surface area contributed by atoms with Gasteiger partial charge in [0.25, 0.3) is 0 Å². The summed E-state index contributed by atoms with van der Waals surface area (Å²) in [6.45, 7) is 2.28. The lowest BCUT2D eigenvalue weighted by molar-refractivity contribution is -0.144. The van der Waals surface area contributed by atoms with E-state index in [0.717, 1.165) is 25.7 Å². The Bertz CT molecular complexity index is 513. The Hall–Kier alpha value is -1.84. The molecule has 1 aliphatic rings. The molecular weight excluding hydrogens is 266 g/mol. The van der Waals surface area contributed by atoms with Gasteiger partial charge in [0, 0.05) is 13.0 Å². The van der Waals surface area contributed by atoms with Crippen LogP contribution in [0.5, 0.6) is 0 Å². The van der Waals surface area contributed by atoms with Crippen LogP contribution >= 0.6 is 0 Å². The number of aryl methyl sites for hydroxylation is 1. The molecule has 4 heteroatoms. The van der Waals surface area contributed by atoms with Gasteiger partial charge in [0.15, 0.2) is 0 Å². The normalized spacial score (nSPS) is 17.1. The molecule has 0 bridgehead atoms. The molecule has 1 amide bonds. The molecule has 1 N–H and O–H groups in total. The van der Waals surface area contributed by atoms with Gasteiger partial charge < -0.3 is 10.0 Å². The molecule has 1 aliphatic carbocycles. The van der Waals surface area contributed by atoms with Gasteiger partial charge in [-0.25, -0.2) is 0 Å². The van der Waals surface area contributed by atoms with Crippen molar-refractivity contribution in [2.24, 2.45) is 0 Å². The maximum atomic E-state index is 12.4. The minimum atomic E-state index is -0.944. The van der Waals surface area contributed by atoms with Crippen LogP contribution in [0.4, 0.5) is 0 Å². The minimum absolute atomic E-state index is 0.0408. The summed E-state index contributed by atoms with van der Waals surface area (Å²) < 4.78 is 0. The third-order valence-corrected chi connectivity index (χ3v) is 4.09. The maximum Gasteiger partial charge on any atom is 0.323 e. The summed E-state index contributed by atoms with van der Waals surface area (Å²) in [7, 11) is 0. The van der Waals surface area contributed by atoms with Crippen molar-refractivity contribution >= 4 is 11.9 Å². The van der Waals surface area contributed by atoms with Crippen LogP contribution in [0.1, 0.15) is 49.7 Å². The van der Waals surface area contributed by atoms with Crippen LogP contribution in [0.25, 0.3) is 0 Å². The highest BCUT2D eigenvalue weighted by Gasteiger charge is 2.25. The van der Waals surface area contributed by atoms with Gasteiger partial charge in [0.1, 0.15) is 6.54 Å². The van der Waals surface area contributed by atoms with E-state index >= 15 is 0 Å². The zero-order valence-electron chi connectivity index (χ0n) is 12.5. The first kappa shape index (κ1) is 15.5. The second kappa shape index (κ2) is 7.25. The predicted molar refractivity (Wildman–Crippen MR) is 81.2 cm³/mol. The van der Waals surface area contributed by atoms with Crippen molar-refractivity contribution in [2.45, 2.75) is 44.9 Å². The molecule has 1 unspecified atom stereocenters. The largest absolute Gasteiger partial charge is 0.480 e. The standard InChI is InChI=1S/C17H23NO3/c1-2-10-18(12-17(20)21)16(19)11-14-8-5-7-13-6-3-4-9-15(13)14/h3-4,6,9,14H,2,5,7-8,10-12H2,1H3,(H,20,21). The third kappa shape index (κ3) is 4.06. The second-order valence-electron chi connectivity index (χ2n) is 5.70. The van der Waals surface area contributed by atoms with E-state index in [-0.39, 0.29) is 18.4 Å². The average molecular weight is 289 g/mol. The monoisotopic (exact) mass is 289 g/mol. The molecule has 1 aromatic rings. The number of nitrogens with zero attached hydrogens (tertiary/aromatic N) is 1. The first-order valence-electron chi connectivity index (χ1n) is 7.69. The van der Waals surface area contributed by atoms with Crippen LogP contribution in [-0.2, 0) is 16.0 Å². The smallest absolute Gasteiger partial charge is 0.323 e. The third-order valence-electron chi connectivity index (χ3n) is 4.09. The quantitative estimate of drug-likeness (QED) is 0.876. The zero-order chi connectivity index (χ0) is 15.2. The lowest BCUT2D eigenvalue weighted by Gasteiger charge is -2.28. The van der Waals surface area contributed by atoms with E-state index in [1.165, 1.54) is 16.0 Å². The van der Waals surface area contributed by atoms with Gasteiger partial charge in [-0.3, -0.25) is 9.59 Å². The van der Waals surface area contributed by atoms with Crippen molar-refractivity contribution in [3.63, 3.8) is 0 Å². The molecule has 0 heterocycles. The Morgan fingerprint density at radius 3 is 2.81 bits per heavy atom. The van der Waals surface area contributed by atoms with Crippen LogP contribution in [0, 0.1) is 0 Å². The molecule has 1 atom stereocenters. The maximum absolute atomic E-state index is 12.4. The van der Waals surface area contributed by atoms with Gasteiger partial charge >= 0.3 is 5.97 Å². The number of benzene rings is 1. The molecule has 114 valence electrons. The van der Waals surface area contributed by atoms with Gasteiger partial charge in [-0.1, -0.05) is 31.2 Å². The summed E-state index contributed by atoms with van der Waals surface area (Å²) in [5.41, 5.74) is 2.60. The number of aliphatic carboxylic acids is 1. The first-order chi connectivity index (χ1) is 10.1. The van der Waals surface area contributed by atoms with Gasteiger partial charge in [-0.2, -0.15) is 0 Å². The number of carbonyl (C=O) groups is 2. The van der Waals surface area contributed by atoms with Crippen LogP contribution < -0.4 is 0 Å². The number of fused-ring (bicyclic) bond motifs is 1. The predicted octanol–water partition coefficient (Wildman–Crippen LogP) is 2.82. The summed E-state index contributed by atoms with van der Waals surface area (Å²) in [6.07, 6.45) is 4.39. The Morgan fingerprint density at radius 2 is 2.10 bits per heavy atom. The summed E-state index contributed by atoms with van der Waals surface area (Å²) in [5.74, 6) is -0.752. The van der Waals surface area contributed by atoms with Crippen LogP contribution in [0.2, 0.25) is 0 Å². The second-order valence-corrected chi connectivity index (χ2v) is 5.70.